The molecule has 0 bridgehead atoms. The average Bonchev–Trinajstić information content (AvgIpc) is 2.42. The number of carbonyl (C=O) groups excluding carboxylic acids is 1. The van der Waals surface area contributed by atoms with Crippen LogP contribution in [0.4, 0.5) is 4.79 Å². The van der Waals surface area contributed by atoms with E-state index in [4.69, 9.17) is 4.74 Å². The Hall–Kier alpha value is -2.29. The predicted octanol–water partition coefficient (Wildman–Crippen LogP) is 3.00. The second-order valence-corrected chi connectivity index (χ2v) is 3.95. The number of amides is 1. The van der Waals surface area contributed by atoms with Gasteiger partial charge in [-0.2, -0.15) is 0 Å². The van der Waals surface area contributed by atoms with Gasteiger partial charge >= 0.3 is 6.09 Å². The van der Waals surface area contributed by atoms with E-state index in [9.17, 15) is 4.79 Å². The molecule has 0 heterocycles. The third-order valence-corrected chi connectivity index (χ3v) is 2.59. The molecule has 0 atom stereocenters. The highest BCUT2D eigenvalue weighted by atomic mass is 16.5. The summed E-state index contributed by atoms with van der Waals surface area (Å²) < 4.78 is 5.02. The van der Waals surface area contributed by atoms with Crippen LogP contribution in [0, 0.1) is 0 Å². The number of hydrogen-bond donors (Lipinski definition) is 1. The van der Waals surface area contributed by atoms with Gasteiger partial charge in [0, 0.05) is 7.05 Å². The van der Waals surface area contributed by atoms with Crippen molar-refractivity contribution in [3.8, 4) is 5.75 Å². The molecule has 0 fully saturated rings. The highest BCUT2D eigenvalue weighted by Gasteiger charge is 2.01. The second kappa shape index (κ2) is 5.87. The minimum atomic E-state index is -0.453. The lowest BCUT2D eigenvalue weighted by Gasteiger charge is -2.05. The van der Waals surface area contributed by atoms with Gasteiger partial charge in [-0.3, -0.25) is 0 Å². The molecule has 0 saturated heterocycles. The molecule has 0 spiro atoms. The maximum atomic E-state index is 11.0. The Morgan fingerprint density at radius 3 is 2.22 bits per heavy atom. The van der Waals surface area contributed by atoms with Crippen molar-refractivity contribution in [2.24, 2.45) is 0 Å². The number of carbonyl (C=O) groups is 1. The van der Waals surface area contributed by atoms with E-state index in [-0.39, 0.29) is 0 Å². The third kappa shape index (κ3) is 3.35. The van der Waals surface area contributed by atoms with E-state index in [1.807, 2.05) is 30.3 Å². The summed E-state index contributed by atoms with van der Waals surface area (Å²) in [5.41, 5.74) is 2.45. The predicted molar refractivity (Wildman–Crippen MR) is 70.8 cm³/mol. The minimum Gasteiger partial charge on any atom is -0.410 e. The van der Waals surface area contributed by atoms with Gasteiger partial charge in [0.2, 0.25) is 0 Å². The number of benzene rings is 2. The van der Waals surface area contributed by atoms with Crippen LogP contribution in [0.2, 0.25) is 0 Å². The van der Waals surface area contributed by atoms with Gasteiger partial charge in [0.25, 0.3) is 0 Å². The van der Waals surface area contributed by atoms with Gasteiger partial charge in [0.15, 0.2) is 0 Å². The maximum absolute atomic E-state index is 11.0. The van der Waals surface area contributed by atoms with Crippen LogP contribution in [0.25, 0.3) is 0 Å². The molecule has 0 saturated carbocycles. The summed E-state index contributed by atoms with van der Waals surface area (Å²) in [6.45, 7) is 0. The van der Waals surface area contributed by atoms with Crippen LogP contribution in [-0.2, 0) is 6.42 Å². The zero-order valence-electron chi connectivity index (χ0n) is 10.2. The fraction of sp³-hybridized carbons (Fsp3) is 0.133. The normalized spacial score (nSPS) is 9.83. The fourth-order valence-electron chi connectivity index (χ4n) is 1.66. The minimum absolute atomic E-state index is 0.453. The molecule has 3 heteroatoms. The summed E-state index contributed by atoms with van der Waals surface area (Å²) in [4.78, 5) is 11.0. The lowest BCUT2D eigenvalue weighted by molar-refractivity contribution is 0.203. The molecule has 2 aromatic carbocycles. The summed E-state index contributed by atoms with van der Waals surface area (Å²) in [6.07, 6.45) is 0.423. The first-order valence-corrected chi connectivity index (χ1v) is 5.80. The molecule has 0 aliphatic heterocycles. The van der Waals surface area contributed by atoms with Crippen LogP contribution in [-0.4, -0.2) is 13.1 Å². The van der Waals surface area contributed by atoms with E-state index in [0.29, 0.717) is 5.75 Å². The zero-order valence-corrected chi connectivity index (χ0v) is 10.2. The molecule has 2 aromatic rings. The van der Waals surface area contributed by atoms with Crippen molar-refractivity contribution in [1.29, 1.82) is 0 Å². The number of nitrogens with one attached hydrogen (secondary N) is 1. The van der Waals surface area contributed by atoms with Crippen LogP contribution >= 0.6 is 0 Å². The first-order chi connectivity index (χ1) is 8.78. The van der Waals surface area contributed by atoms with E-state index in [1.54, 1.807) is 12.1 Å². The van der Waals surface area contributed by atoms with Crippen LogP contribution < -0.4 is 10.1 Å². The van der Waals surface area contributed by atoms with Gasteiger partial charge in [-0.15, -0.1) is 0 Å². The lowest BCUT2D eigenvalue weighted by Crippen LogP contribution is -2.21. The summed E-state index contributed by atoms with van der Waals surface area (Å²) in [7, 11) is 1.53. The summed E-state index contributed by atoms with van der Waals surface area (Å²) in [5, 5.41) is 2.41. The molecule has 92 valence electrons. The molecule has 0 unspecified atom stereocenters. The van der Waals surface area contributed by atoms with E-state index in [2.05, 4.69) is 17.4 Å². The Morgan fingerprint density at radius 1 is 1.00 bits per heavy atom. The largest absolute Gasteiger partial charge is 0.412 e. The van der Waals surface area contributed by atoms with Crippen LogP contribution in [0.1, 0.15) is 11.1 Å². The maximum Gasteiger partial charge on any atom is 0.412 e. The summed E-state index contributed by atoms with van der Waals surface area (Å²) in [6, 6.07) is 17.8. The average molecular weight is 241 g/mol. The van der Waals surface area contributed by atoms with Gasteiger partial charge in [-0.25, -0.2) is 4.79 Å². The molecular weight excluding hydrogens is 226 g/mol. The van der Waals surface area contributed by atoms with Crippen molar-refractivity contribution in [2.45, 2.75) is 6.42 Å². The lowest BCUT2D eigenvalue weighted by atomic mass is 10.1. The SMILES string of the molecule is CNC(=O)Oc1ccc(Cc2ccccc2)cc1. The van der Waals surface area contributed by atoms with Gasteiger partial charge < -0.3 is 10.1 Å². The molecule has 1 amide bonds. The number of hydrogen-bond acceptors (Lipinski definition) is 2. The van der Waals surface area contributed by atoms with E-state index < -0.39 is 6.09 Å². The monoisotopic (exact) mass is 241 g/mol. The van der Waals surface area contributed by atoms with Crippen molar-refractivity contribution < 1.29 is 9.53 Å². The summed E-state index contributed by atoms with van der Waals surface area (Å²) in [5.74, 6) is 0.547. The fourth-order valence-corrected chi connectivity index (χ4v) is 1.66. The number of rotatable bonds is 3. The third-order valence-electron chi connectivity index (χ3n) is 2.59. The van der Waals surface area contributed by atoms with Gasteiger partial charge in [0.1, 0.15) is 5.75 Å². The van der Waals surface area contributed by atoms with Crippen molar-refractivity contribution in [2.75, 3.05) is 7.05 Å². The first-order valence-electron chi connectivity index (χ1n) is 5.80. The van der Waals surface area contributed by atoms with Crippen molar-refractivity contribution >= 4 is 6.09 Å². The molecule has 0 aliphatic rings. The molecule has 0 radical (unpaired) electrons. The van der Waals surface area contributed by atoms with Crippen molar-refractivity contribution in [1.82, 2.24) is 5.32 Å². The van der Waals surface area contributed by atoms with E-state index in [1.165, 1.54) is 18.2 Å². The molecular formula is C15H15NO2. The molecule has 2 rings (SSSR count). The Morgan fingerprint density at radius 2 is 1.61 bits per heavy atom. The highest BCUT2D eigenvalue weighted by molar-refractivity contribution is 5.69. The molecule has 3 nitrogen and oxygen atoms in total. The standard InChI is InChI=1S/C15H15NO2/c1-16-15(17)18-14-9-7-13(8-10-14)11-12-5-3-2-4-6-12/h2-10H,11H2,1H3,(H,16,17). The Balaban J connectivity index is 2.02. The van der Waals surface area contributed by atoms with Crippen molar-refractivity contribution in [3.05, 3.63) is 65.7 Å². The van der Waals surface area contributed by atoms with Gasteiger partial charge in [-0.1, -0.05) is 42.5 Å². The van der Waals surface area contributed by atoms with Crippen LogP contribution in [0.5, 0.6) is 5.75 Å². The van der Waals surface area contributed by atoms with Crippen molar-refractivity contribution in [3.63, 3.8) is 0 Å². The first kappa shape index (κ1) is 12.2. The number of ether oxygens (including phenoxy) is 1. The van der Waals surface area contributed by atoms with Gasteiger partial charge in [0.05, 0.1) is 0 Å². The van der Waals surface area contributed by atoms with Crippen LogP contribution in [0.15, 0.2) is 54.6 Å². The molecule has 0 aliphatic carbocycles. The quantitative estimate of drug-likeness (QED) is 0.897. The smallest absolute Gasteiger partial charge is 0.410 e. The van der Waals surface area contributed by atoms with E-state index >= 15 is 0 Å². The molecule has 18 heavy (non-hydrogen) atoms. The topological polar surface area (TPSA) is 38.3 Å². The van der Waals surface area contributed by atoms with E-state index in [0.717, 1.165) is 6.42 Å². The zero-order chi connectivity index (χ0) is 12.8. The Labute approximate surface area is 106 Å². The molecule has 1 N–H and O–H groups in total. The Kier molecular flexibility index (Phi) is 3.97. The second-order valence-electron chi connectivity index (χ2n) is 3.95. The van der Waals surface area contributed by atoms with Gasteiger partial charge in [-0.05, 0) is 29.7 Å². The molecule has 0 aromatic heterocycles. The van der Waals surface area contributed by atoms with Crippen LogP contribution in [0.3, 0.4) is 0 Å². The highest BCUT2D eigenvalue weighted by Crippen LogP contribution is 2.15. The summed E-state index contributed by atoms with van der Waals surface area (Å²) >= 11 is 0. The Bertz CT molecular complexity index is 506.